The summed E-state index contributed by atoms with van der Waals surface area (Å²) in [5, 5.41) is 0. The Balaban J connectivity index is 2.25. The zero-order valence-corrected chi connectivity index (χ0v) is 7.68. The van der Waals surface area contributed by atoms with E-state index in [1.54, 1.807) is 0 Å². The third-order valence-corrected chi connectivity index (χ3v) is 2.95. The summed E-state index contributed by atoms with van der Waals surface area (Å²) in [6.07, 6.45) is 10.7. The maximum atomic E-state index is 3.90. The van der Waals surface area contributed by atoms with E-state index in [0.29, 0.717) is 0 Å². The molecule has 1 rings (SSSR count). The largest absolute Gasteiger partial charge is 0.103 e. The summed E-state index contributed by atoms with van der Waals surface area (Å²) in [7, 11) is 0. The van der Waals surface area contributed by atoms with Crippen LogP contribution in [0, 0.1) is 11.8 Å². The number of rotatable bonds is 4. The van der Waals surface area contributed by atoms with Crippen molar-refractivity contribution in [3.8, 4) is 0 Å². The van der Waals surface area contributed by atoms with Gasteiger partial charge in [0.05, 0.1) is 0 Å². The Hall–Kier alpha value is -0.260. The number of unbranched alkanes of at least 4 members (excludes halogenated alkanes) is 1. The van der Waals surface area contributed by atoms with Gasteiger partial charge in [-0.1, -0.05) is 32.3 Å². The van der Waals surface area contributed by atoms with Crippen molar-refractivity contribution in [1.29, 1.82) is 0 Å². The normalized spacial score (nSPS) is 30.6. The van der Waals surface area contributed by atoms with Gasteiger partial charge in [0, 0.05) is 0 Å². The van der Waals surface area contributed by atoms with Crippen molar-refractivity contribution in [3.63, 3.8) is 0 Å². The van der Waals surface area contributed by atoms with E-state index < -0.39 is 0 Å². The van der Waals surface area contributed by atoms with Crippen LogP contribution < -0.4 is 0 Å². The third-order valence-electron chi connectivity index (χ3n) is 2.95. The van der Waals surface area contributed by atoms with Crippen LogP contribution in [0.4, 0.5) is 0 Å². The summed E-state index contributed by atoms with van der Waals surface area (Å²) in [5.41, 5.74) is 0. The first-order chi connectivity index (χ1) is 5.38. The summed E-state index contributed by atoms with van der Waals surface area (Å²) >= 11 is 0. The van der Waals surface area contributed by atoms with Crippen LogP contribution in [-0.4, -0.2) is 0 Å². The molecule has 2 atom stereocenters. The van der Waals surface area contributed by atoms with Gasteiger partial charge in [-0.05, 0) is 31.1 Å². The topological polar surface area (TPSA) is 0 Å². The summed E-state index contributed by atoms with van der Waals surface area (Å²) in [4.78, 5) is 0. The molecule has 0 nitrogen and oxygen atoms in total. The molecule has 1 aliphatic carbocycles. The summed E-state index contributed by atoms with van der Waals surface area (Å²) in [5.74, 6) is 1.83. The Labute approximate surface area is 70.7 Å². The van der Waals surface area contributed by atoms with E-state index in [-0.39, 0.29) is 0 Å². The van der Waals surface area contributed by atoms with E-state index in [4.69, 9.17) is 0 Å². The first-order valence-electron chi connectivity index (χ1n) is 5.01. The average Bonchev–Trinajstić information content (AvgIpc) is 2.47. The van der Waals surface area contributed by atoms with Gasteiger partial charge < -0.3 is 0 Å². The van der Waals surface area contributed by atoms with E-state index >= 15 is 0 Å². The molecule has 0 amide bonds. The molecule has 0 unspecified atom stereocenters. The summed E-state index contributed by atoms with van der Waals surface area (Å²) in [6.45, 7) is 6.18. The Morgan fingerprint density at radius 2 is 2.27 bits per heavy atom. The molecule has 64 valence electrons. The molecule has 0 bridgehead atoms. The quantitative estimate of drug-likeness (QED) is 0.538. The zero-order valence-electron chi connectivity index (χ0n) is 7.68. The zero-order chi connectivity index (χ0) is 8.10. The van der Waals surface area contributed by atoms with Crippen LogP contribution in [0.3, 0.4) is 0 Å². The number of hydrogen-bond donors (Lipinski definition) is 0. The minimum absolute atomic E-state index is 0.849. The van der Waals surface area contributed by atoms with Gasteiger partial charge in [-0.3, -0.25) is 0 Å². The smallest absolute Gasteiger partial charge is 0.0208 e. The molecule has 1 saturated carbocycles. The second-order valence-corrected chi connectivity index (χ2v) is 3.73. The molecule has 1 fully saturated rings. The molecule has 0 radical (unpaired) electrons. The average molecular weight is 152 g/mol. The molecular weight excluding hydrogens is 132 g/mol. The Kier molecular flexibility index (Phi) is 3.68. The van der Waals surface area contributed by atoms with Crippen molar-refractivity contribution in [2.75, 3.05) is 0 Å². The lowest BCUT2D eigenvalue weighted by molar-refractivity contribution is 0.412. The minimum Gasteiger partial charge on any atom is -0.103 e. The molecule has 0 N–H and O–H groups in total. The predicted octanol–water partition coefficient (Wildman–Crippen LogP) is 3.78. The van der Waals surface area contributed by atoms with Crippen molar-refractivity contribution >= 4 is 0 Å². The van der Waals surface area contributed by atoms with Crippen LogP contribution in [0.25, 0.3) is 0 Å². The van der Waals surface area contributed by atoms with E-state index in [9.17, 15) is 0 Å². The molecule has 0 aliphatic heterocycles. The minimum atomic E-state index is 0.849. The van der Waals surface area contributed by atoms with Crippen LogP contribution in [0.15, 0.2) is 12.7 Å². The first-order valence-corrected chi connectivity index (χ1v) is 5.01. The van der Waals surface area contributed by atoms with Gasteiger partial charge in [0.25, 0.3) is 0 Å². The van der Waals surface area contributed by atoms with Crippen LogP contribution in [0.5, 0.6) is 0 Å². The SMILES string of the molecule is C=C[C@H]1CCC[C@H]1CCCC. The van der Waals surface area contributed by atoms with E-state index in [0.717, 1.165) is 11.8 Å². The van der Waals surface area contributed by atoms with E-state index in [1.807, 2.05) is 0 Å². The van der Waals surface area contributed by atoms with Crippen molar-refractivity contribution in [3.05, 3.63) is 12.7 Å². The molecule has 0 aromatic heterocycles. The van der Waals surface area contributed by atoms with E-state index in [2.05, 4.69) is 19.6 Å². The van der Waals surface area contributed by atoms with Gasteiger partial charge in [0.15, 0.2) is 0 Å². The van der Waals surface area contributed by atoms with Crippen LogP contribution >= 0.6 is 0 Å². The maximum absolute atomic E-state index is 3.90. The first kappa shape index (κ1) is 8.83. The van der Waals surface area contributed by atoms with Gasteiger partial charge in [0.1, 0.15) is 0 Å². The monoisotopic (exact) mass is 152 g/mol. The lowest BCUT2D eigenvalue weighted by Crippen LogP contribution is -2.04. The fraction of sp³-hybridized carbons (Fsp3) is 0.818. The molecule has 0 aromatic carbocycles. The lowest BCUT2D eigenvalue weighted by Gasteiger charge is -2.14. The second kappa shape index (κ2) is 4.58. The van der Waals surface area contributed by atoms with Crippen LogP contribution in [0.2, 0.25) is 0 Å². The Bertz CT molecular complexity index is 115. The van der Waals surface area contributed by atoms with E-state index in [1.165, 1.54) is 38.5 Å². The second-order valence-electron chi connectivity index (χ2n) is 3.73. The van der Waals surface area contributed by atoms with Crippen LogP contribution in [-0.2, 0) is 0 Å². The molecular formula is C11H20. The highest BCUT2D eigenvalue weighted by atomic mass is 14.3. The van der Waals surface area contributed by atoms with Crippen LogP contribution in [0.1, 0.15) is 45.4 Å². The predicted molar refractivity (Wildman–Crippen MR) is 50.6 cm³/mol. The van der Waals surface area contributed by atoms with Crippen molar-refractivity contribution < 1.29 is 0 Å². The maximum Gasteiger partial charge on any atom is -0.0208 e. The fourth-order valence-corrected chi connectivity index (χ4v) is 2.20. The highest BCUT2D eigenvalue weighted by Crippen LogP contribution is 2.35. The molecule has 11 heavy (non-hydrogen) atoms. The Morgan fingerprint density at radius 3 is 2.91 bits per heavy atom. The molecule has 0 spiro atoms. The van der Waals surface area contributed by atoms with Crippen molar-refractivity contribution in [1.82, 2.24) is 0 Å². The molecule has 0 heteroatoms. The Morgan fingerprint density at radius 1 is 1.45 bits per heavy atom. The van der Waals surface area contributed by atoms with Crippen molar-refractivity contribution in [2.24, 2.45) is 11.8 Å². The van der Waals surface area contributed by atoms with Crippen molar-refractivity contribution in [2.45, 2.75) is 45.4 Å². The molecule has 0 saturated heterocycles. The van der Waals surface area contributed by atoms with Gasteiger partial charge in [-0.15, -0.1) is 6.58 Å². The highest BCUT2D eigenvalue weighted by molar-refractivity contribution is 4.88. The third kappa shape index (κ3) is 2.36. The number of allylic oxidation sites excluding steroid dienone is 1. The molecule has 1 aliphatic rings. The molecule has 0 aromatic rings. The lowest BCUT2D eigenvalue weighted by atomic mass is 9.91. The highest BCUT2D eigenvalue weighted by Gasteiger charge is 2.23. The summed E-state index contributed by atoms with van der Waals surface area (Å²) in [6, 6.07) is 0. The number of hydrogen-bond acceptors (Lipinski definition) is 0. The summed E-state index contributed by atoms with van der Waals surface area (Å²) < 4.78 is 0. The standard InChI is InChI=1S/C11H20/c1-3-5-7-11-9-6-8-10(11)4-2/h4,10-11H,2-3,5-9H2,1H3/t10-,11+/m0/s1. The van der Waals surface area contributed by atoms with Gasteiger partial charge in [0.2, 0.25) is 0 Å². The van der Waals surface area contributed by atoms with Gasteiger partial charge >= 0.3 is 0 Å². The van der Waals surface area contributed by atoms with Gasteiger partial charge in [-0.25, -0.2) is 0 Å². The fourth-order valence-electron chi connectivity index (χ4n) is 2.20. The molecule has 0 heterocycles. The van der Waals surface area contributed by atoms with Gasteiger partial charge in [-0.2, -0.15) is 0 Å².